The molecule has 192 valence electrons. The number of benzene rings is 2. The van der Waals surface area contributed by atoms with Crippen LogP contribution in [-0.2, 0) is 16.0 Å². The molecule has 3 rings (SSSR count). The molecule has 2 aromatic carbocycles. The lowest BCUT2D eigenvalue weighted by molar-refractivity contribution is -0.133. The number of anilines is 1. The lowest BCUT2D eigenvalue weighted by atomic mass is 10.1. The highest BCUT2D eigenvalue weighted by Gasteiger charge is 2.22. The number of nitrogens with one attached hydrogen (secondary N) is 1. The van der Waals surface area contributed by atoms with E-state index in [-0.39, 0.29) is 42.2 Å². The van der Waals surface area contributed by atoms with Gasteiger partial charge in [-0.15, -0.1) is 0 Å². The summed E-state index contributed by atoms with van der Waals surface area (Å²) in [6.07, 6.45) is 2.28. The molecular formula is C26H29ClF2N4O3. The first kappa shape index (κ1) is 27.3. The molecule has 0 fully saturated rings. The third kappa shape index (κ3) is 7.60. The summed E-state index contributed by atoms with van der Waals surface area (Å²) in [6.45, 7) is 1.79. The summed E-state index contributed by atoms with van der Waals surface area (Å²) in [5.41, 5.74) is 6.43. The van der Waals surface area contributed by atoms with E-state index < -0.39 is 23.8 Å². The number of amides is 2. The molecule has 36 heavy (non-hydrogen) atoms. The lowest BCUT2D eigenvalue weighted by Crippen LogP contribution is -2.41. The van der Waals surface area contributed by atoms with E-state index in [4.69, 9.17) is 22.1 Å². The zero-order chi connectivity index (χ0) is 26.2. The van der Waals surface area contributed by atoms with Gasteiger partial charge in [0.25, 0.3) is 0 Å². The number of fused-ring (bicyclic) bond motifs is 1. The second-order valence-electron chi connectivity index (χ2n) is 8.71. The zero-order valence-electron chi connectivity index (χ0n) is 20.1. The fraction of sp³-hybridized carbons (Fsp3) is 0.346. The summed E-state index contributed by atoms with van der Waals surface area (Å²) >= 11 is 5.99. The number of aryl methyl sites for hydroxylation is 1. The van der Waals surface area contributed by atoms with Gasteiger partial charge in [0.2, 0.25) is 5.91 Å². The molecule has 7 nitrogen and oxygen atoms in total. The Morgan fingerprint density at radius 2 is 1.94 bits per heavy atom. The summed E-state index contributed by atoms with van der Waals surface area (Å²) in [6, 6.07) is 9.77. The highest BCUT2D eigenvalue weighted by atomic mass is 35.5. The van der Waals surface area contributed by atoms with Crippen molar-refractivity contribution in [3.63, 3.8) is 0 Å². The number of hydrogen-bond acceptors (Lipinski definition) is 5. The first-order valence-electron chi connectivity index (χ1n) is 11.6. The molecule has 10 heteroatoms. The normalized spacial score (nSPS) is 12.7. The monoisotopic (exact) mass is 518 g/mol. The van der Waals surface area contributed by atoms with E-state index in [1.165, 1.54) is 29.3 Å². The van der Waals surface area contributed by atoms with Crippen molar-refractivity contribution in [2.75, 3.05) is 19.0 Å². The Hall–Kier alpha value is -3.30. The molecule has 0 saturated heterocycles. The third-order valence-electron chi connectivity index (χ3n) is 5.86. The lowest BCUT2D eigenvalue weighted by Gasteiger charge is -2.28. The average Bonchev–Trinajstić information content (AvgIpc) is 2.84. The molecule has 0 aliphatic heterocycles. The molecule has 2 atom stereocenters. The van der Waals surface area contributed by atoms with Gasteiger partial charge in [-0.25, -0.2) is 18.6 Å². The van der Waals surface area contributed by atoms with E-state index in [9.17, 15) is 18.4 Å². The van der Waals surface area contributed by atoms with Crippen LogP contribution in [0.25, 0.3) is 10.8 Å². The largest absolute Gasteiger partial charge is 0.447 e. The number of ether oxygens (including phenoxy) is 1. The minimum absolute atomic E-state index is 0.00602. The zero-order valence-corrected chi connectivity index (χ0v) is 20.9. The predicted octanol–water partition coefficient (Wildman–Crippen LogP) is 5.30. The Kier molecular flexibility index (Phi) is 9.55. The molecule has 0 bridgehead atoms. The van der Waals surface area contributed by atoms with E-state index in [1.807, 2.05) is 6.92 Å². The second kappa shape index (κ2) is 12.6. The Morgan fingerprint density at radius 1 is 1.17 bits per heavy atom. The predicted molar refractivity (Wildman–Crippen MR) is 136 cm³/mol. The van der Waals surface area contributed by atoms with E-state index >= 15 is 0 Å². The molecule has 1 unspecified atom stereocenters. The van der Waals surface area contributed by atoms with E-state index in [0.717, 1.165) is 5.39 Å². The summed E-state index contributed by atoms with van der Waals surface area (Å²) < 4.78 is 32.6. The van der Waals surface area contributed by atoms with Crippen molar-refractivity contribution in [3.05, 3.63) is 70.9 Å². The number of aromatic nitrogens is 1. The van der Waals surface area contributed by atoms with Crippen LogP contribution in [0.5, 0.6) is 0 Å². The van der Waals surface area contributed by atoms with Crippen LogP contribution in [0.1, 0.15) is 31.7 Å². The Morgan fingerprint density at radius 3 is 2.69 bits per heavy atom. The van der Waals surface area contributed by atoms with Gasteiger partial charge in [0.05, 0.1) is 11.1 Å². The van der Waals surface area contributed by atoms with Gasteiger partial charge in [0.15, 0.2) is 0 Å². The Balaban J connectivity index is 1.59. The molecule has 0 saturated carbocycles. The van der Waals surface area contributed by atoms with Crippen LogP contribution in [0.2, 0.25) is 5.02 Å². The first-order valence-corrected chi connectivity index (χ1v) is 11.9. The van der Waals surface area contributed by atoms with Gasteiger partial charge >= 0.3 is 6.09 Å². The summed E-state index contributed by atoms with van der Waals surface area (Å²) in [4.78, 5) is 30.9. The van der Waals surface area contributed by atoms with E-state index in [0.29, 0.717) is 23.8 Å². The molecule has 2 amide bonds. The third-order valence-corrected chi connectivity index (χ3v) is 6.28. The maximum Gasteiger partial charge on any atom is 0.412 e. The van der Waals surface area contributed by atoms with Crippen molar-refractivity contribution < 1.29 is 23.1 Å². The maximum atomic E-state index is 13.7. The quantitative estimate of drug-likeness (QED) is 0.379. The minimum atomic E-state index is -0.753. The van der Waals surface area contributed by atoms with Crippen molar-refractivity contribution in [2.24, 2.45) is 5.73 Å². The van der Waals surface area contributed by atoms with Crippen molar-refractivity contribution in [1.29, 1.82) is 0 Å². The van der Waals surface area contributed by atoms with Crippen LogP contribution in [0, 0.1) is 11.6 Å². The molecule has 3 aromatic rings. The maximum absolute atomic E-state index is 13.7. The van der Waals surface area contributed by atoms with Gasteiger partial charge in [-0.3, -0.25) is 10.1 Å². The van der Waals surface area contributed by atoms with Crippen molar-refractivity contribution in [3.8, 4) is 0 Å². The average molecular weight is 519 g/mol. The number of nitrogens with two attached hydrogens (primary N) is 1. The van der Waals surface area contributed by atoms with E-state index in [2.05, 4.69) is 10.3 Å². The molecule has 1 heterocycles. The second-order valence-corrected chi connectivity index (χ2v) is 9.09. The SMILES string of the molecule is CC(N)CC[C@@H](COC(=O)Nc1cc2cc(F)ccc2cn1)N(C)C(=O)CCc1cccc(F)c1Cl. The molecule has 1 aromatic heterocycles. The summed E-state index contributed by atoms with van der Waals surface area (Å²) in [5.74, 6) is -0.921. The number of rotatable bonds is 10. The standard InChI is InChI=1S/C26H29ClF2N4O3/c1-16(30)6-10-21(33(2)24(34)11-8-17-4-3-5-22(29)25(17)27)15-36-26(35)32-23-13-19-12-20(28)9-7-18(19)14-31-23/h3-5,7,9,12-14,16,21H,6,8,10-11,15,30H2,1-2H3,(H,31,32,35)/t16?,21-/m0/s1. The summed E-state index contributed by atoms with van der Waals surface area (Å²) in [7, 11) is 1.63. The number of carbonyl (C=O) groups excluding carboxylic acids is 2. The number of hydrogen-bond donors (Lipinski definition) is 2. The molecule has 0 aliphatic carbocycles. The van der Waals surface area contributed by atoms with Gasteiger partial charge in [-0.2, -0.15) is 0 Å². The minimum Gasteiger partial charge on any atom is -0.447 e. The van der Waals surface area contributed by atoms with Crippen LogP contribution < -0.4 is 11.1 Å². The number of halogens is 3. The topological polar surface area (TPSA) is 97.5 Å². The number of carbonyl (C=O) groups is 2. The van der Waals surface area contributed by atoms with Gasteiger partial charge in [-0.1, -0.05) is 23.7 Å². The van der Waals surface area contributed by atoms with Crippen LogP contribution in [0.3, 0.4) is 0 Å². The fourth-order valence-corrected chi connectivity index (χ4v) is 3.92. The Bertz CT molecular complexity index is 1230. The number of pyridine rings is 1. The smallest absolute Gasteiger partial charge is 0.412 e. The Labute approximate surface area is 213 Å². The van der Waals surface area contributed by atoms with Gasteiger partial charge in [-0.05, 0) is 67.5 Å². The van der Waals surface area contributed by atoms with Gasteiger partial charge < -0.3 is 15.4 Å². The number of nitrogens with zero attached hydrogens (tertiary/aromatic N) is 2. The number of likely N-dealkylation sites (N-methyl/N-ethyl adjacent to an activating group) is 1. The van der Waals surface area contributed by atoms with Crippen LogP contribution in [-0.4, -0.2) is 47.6 Å². The van der Waals surface area contributed by atoms with Crippen molar-refractivity contribution in [2.45, 2.75) is 44.7 Å². The summed E-state index contributed by atoms with van der Waals surface area (Å²) in [5, 5.41) is 3.84. The van der Waals surface area contributed by atoms with Crippen molar-refractivity contribution in [1.82, 2.24) is 9.88 Å². The highest BCUT2D eigenvalue weighted by Crippen LogP contribution is 2.22. The van der Waals surface area contributed by atoms with Crippen LogP contribution >= 0.6 is 11.6 Å². The fourth-order valence-electron chi connectivity index (χ4n) is 3.70. The first-order chi connectivity index (χ1) is 17.1. The van der Waals surface area contributed by atoms with Crippen LogP contribution in [0.4, 0.5) is 19.4 Å². The van der Waals surface area contributed by atoms with Gasteiger partial charge in [0, 0.05) is 31.1 Å². The van der Waals surface area contributed by atoms with Crippen LogP contribution in [0.15, 0.2) is 48.7 Å². The molecular weight excluding hydrogens is 490 g/mol. The van der Waals surface area contributed by atoms with E-state index in [1.54, 1.807) is 31.3 Å². The molecule has 0 spiro atoms. The van der Waals surface area contributed by atoms with Gasteiger partial charge in [0.1, 0.15) is 24.1 Å². The molecule has 3 N–H and O–H groups in total. The highest BCUT2D eigenvalue weighted by molar-refractivity contribution is 6.31. The molecule has 0 aliphatic rings. The van der Waals surface area contributed by atoms with Crippen molar-refractivity contribution >= 4 is 40.2 Å². The molecule has 0 radical (unpaired) electrons.